The first-order valence-electron chi connectivity index (χ1n) is 9.57. The second-order valence-corrected chi connectivity index (χ2v) is 7.03. The Morgan fingerprint density at radius 2 is 1.80 bits per heavy atom. The standard InChI is InChI=1S/C16H18O2.C6H13N/c1-2-12-6-8-14(9-7-12)15-5-3-4-13(10-15)11-16(17)18;7-6-4-2-1-3-5-6/h6-11H,2-5H2,1H3,(H,17,18);6H,1-5,7H2/b13-11+;. The van der Waals surface area contributed by atoms with Crippen molar-refractivity contribution in [2.24, 2.45) is 5.73 Å². The number of nitrogens with two attached hydrogens (primary N) is 1. The molecule has 0 heterocycles. The second kappa shape index (κ2) is 10.2. The zero-order valence-corrected chi connectivity index (χ0v) is 15.3. The van der Waals surface area contributed by atoms with Crippen LogP contribution in [0.1, 0.15) is 69.4 Å². The van der Waals surface area contributed by atoms with Gasteiger partial charge in [-0.1, -0.05) is 56.5 Å². The fourth-order valence-electron chi connectivity index (χ4n) is 3.44. The Morgan fingerprint density at radius 3 is 2.32 bits per heavy atom. The Morgan fingerprint density at radius 1 is 1.12 bits per heavy atom. The summed E-state index contributed by atoms with van der Waals surface area (Å²) < 4.78 is 0. The molecule has 3 rings (SSSR count). The SMILES string of the molecule is CCc1ccc(C2=C/C(=C/C(=O)O)CCC2)cc1.NC1CCCCC1. The van der Waals surface area contributed by atoms with E-state index in [1.807, 2.05) is 6.08 Å². The van der Waals surface area contributed by atoms with Crippen molar-refractivity contribution in [1.82, 2.24) is 0 Å². The number of rotatable bonds is 3. The molecule has 2 aliphatic rings. The van der Waals surface area contributed by atoms with Gasteiger partial charge in [0, 0.05) is 12.1 Å². The molecule has 3 nitrogen and oxygen atoms in total. The van der Waals surface area contributed by atoms with Crippen LogP contribution in [0.5, 0.6) is 0 Å². The number of carbonyl (C=O) groups is 1. The average molecular weight is 341 g/mol. The van der Waals surface area contributed by atoms with Gasteiger partial charge in [-0.15, -0.1) is 0 Å². The highest BCUT2D eigenvalue weighted by Crippen LogP contribution is 2.29. The molecule has 0 aromatic heterocycles. The zero-order valence-electron chi connectivity index (χ0n) is 15.3. The molecular formula is C22H31NO2. The van der Waals surface area contributed by atoms with E-state index in [-0.39, 0.29) is 0 Å². The first kappa shape index (κ1) is 19.5. The Kier molecular flexibility index (Phi) is 7.93. The van der Waals surface area contributed by atoms with Crippen molar-refractivity contribution in [2.75, 3.05) is 0 Å². The number of carboxylic acids is 1. The van der Waals surface area contributed by atoms with E-state index in [0.717, 1.165) is 31.3 Å². The van der Waals surface area contributed by atoms with Crippen LogP contribution < -0.4 is 5.73 Å². The minimum Gasteiger partial charge on any atom is -0.478 e. The average Bonchev–Trinajstić information content (AvgIpc) is 2.63. The molecule has 0 atom stereocenters. The minimum absolute atomic E-state index is 0.536. The molecule has 0 saturated heterocycles. The van der Waals surface area contributed by atoms with Gasteiger partial charge in [0.15, 0.2) is 0 Å². The maximum absolute atomic E-state index is 10.7. The summed E-state index contributed by atoms with van der Waals surface area (Å²) in [4.78, 5) is 10.7. The summed E-state index contributed by atoms with van der Waals surface area (Å²) in [6.45, 7) is 2.14. The Labute approximate surface area is 151 Å². The molecule has 0 amide bonds. The molecule has 0 bridgehead atoms. The van der Waals surface area contributed by atoms with Gasteiger partial charge in [-0.25, -0.2) is 4.79 Å². The van der Waals surface area contributed by atoms with Gasteiger partial charge in [-0.2, -0.15) is 0 Å². The van der Waals surface area contributed by atoms with Crippen molar-refractivity contribution in [1.29, 1.82) is 0 Å². The first-order valence-corrected chi connectivity index (χ1v) is 9.57. The van der Waals surface area contributed by atoms with Gasteiger partial charge in [-0.05, 0) is 60.8 Å². The molecule has 25 heavy (non-hydrogen) atoms. The fourth-order valence-corrected chi connectivity index (χ4v) is 3.44. The van der Waals surface area contributed by atoms with Crippen LogP contribution in [0.15, 0.2) is 42.0 Å². The molecule has 0 radical (unpaired) electrons. The number of hydrogen-bond donors (Lipinski definition) is 2. The van der Waals surface area contributed by atoms with Gasteiger partial charge < -0.3 is 10.8 Å². The van der Waals surface area contributed by atoms with Crippen molar-refractivity contribution >= 4 is 11.5 Å². The van der Waals surface area contributed by atoms with Crippen molar-refractivity contribution < 1.29 is 9.90 Å². The molecule has 3 heteroatoms. The van der Waals surface area contributed by atoms with Crippen molar-refractivity contribution in [3.8, 4) is 0 Å². The summed E-state index contributed by atoms with van der Waals surface area (Å²) in [6.07, 6.45) is 14.0. The highest BCUT2D eigenvalue weighted by molar-refractivity contribution is 5.82. The van der Waals surface area contributed by atoms with Crippen LogP contribution in [-0.2, 0) is 11.2 Å². The summed E-state index contributed by atoms with van der Waals surface area (Å²) >= 11 is 0. The van der Waals surface area contributed by atoms with Gasteiger partial charge in [0.2, 0.25) is 0 Å². The minimum atomic E-state index is -0.858. The molecule has 0 unspecified atom stereocenters. The predicted molar refractivity (Wildman–Crippen MR) is 104 cm³/mol. The number of aliphatic carboxylic acids is 1. The van der Waals surface area contributed by atoms with Crippen LogP contribution in [0.2, 0.25) is 0 Å². The van der Waals surface area contributed by atoms with E-state index < -0.39 is 5.97 Å². The van der Waals surface area contributed by atoms with Gasteiger partial charge >= 0.3 is 5.97 Å². The Hall–Kier alpha value is -1.87. The molecule has 1 saturated carbocycles. The zero-order chi connectivity index (χ0) is 18.1. The second-order valence-electron chi connectivity index (χ2n) is 7.03. The quantitative estimate of drug-likeness (QED) is 0.751. The first-order chi connectivity index (χ1) is 12.1. The summed E-state index contributed by atoms with van der Waals surface area (Å²) in [5.74, 6) is -0.858. The third-order valence-electron chi connectivity index (χ3n) is 4.96. The van der Waals surface area contributed by atoms with Gasteiger partial charge in [0.05, 0.1) is 0 Å². The summed E-state index contributed by atoms with van der Waals surface area (Å²) in [6, 6.07) is 9.09. The predicted octanol–water partition coefficient (Wildman–Crippen LogP) is 5.11. The van der Waals surface area contributed by atoms with Crippen LogP contribution in [0, 0.1) is 0 Å². The Bertz CT molecular complexity index is 607. The number of allylic oxidation sites excluding steroid dienone is 3. The number of hydrogen-bond acceptors (Lipinski definition) is 2. The topological polar surface area (TPSA) is 63.3 Å². The van der Waals surface area contributed by atoms with E-state index in [0.29, 0.717) is 6.04 Å². The van der Waals surface area contributed by atoms with Gasteiger partial charge in [0.1, 0.15) is 0 Å². The van der Waals surface area contributed by atoms with Crippen LogP contribution in [0.25, 0.3) is 5.57 Å². The molecule has 1 aromatic rings. The van der Waals surface area contributed by atoms with E-state index in [2.05, 4.69) is 31.2 Å². The van der Waals surface area contributed by atoms with Crippen LogP contribution >= 0.6 is 0 Å². The molecule has 1 aromatic carbocycles. The molecule has 3 N–H and O–H groups in total. The summed E-state index contributed by atoms with van der Waals surface area (Å²) in [5, 5.41) is 8.79. The molecule has 2 aliphatic carbocycles. The monoisotopic (exact) mass is 341 g/mol. The fraction of sp³-hybridized carbons (Fsp3) is 0.500. The molecule has 136 valence electrons. The van der Waals surface area contributed by atoms with Crippen molar-refractivity contribution in [3.05, 3.63) is 53.1 Å². The smallest absolute Gasteiger partial charge is 0.328 e. The van der Waals surface area contributed by atoms with Crippen LogP contribution in [0.4, 0.5) is 0 Å². The molecular weight excluding hydrogens is 310 g/mol. The van der Waals surface area contributed by atoms with E-state index in [4.69, 9.17) is 10.8 Å². The largest absolute Gasteiger partial charge is 0.478 e. The maximum Gasteiger partial charge on any atom is 0.328 e. The van der Waals surface area contributed by atoms with E-state index in [1.54, 1.807) is 0 Å². The van der Waals surface area contributed by atoms with E-state index in [1.165, 1.54) is 54.9 Å². The highest BCUT2D eigenvalue weighted by Gasteiger charge is 2.10. The van der Waals surface area contributed by atoms with Crippen molar-refractivity contribution in [2.45, 2.75) is 70.8 Å². The lowest BCUT2D eigenvalue weighted by Gasteiger charge is -2.15. The third-order valence-corrected chi connectivity index (χ3v) is 4.96. The van der Waals surface area contributed by atoms with E-state index in [9.17, 15) is 4.79 Å². The van der Waals surface area contributed by atoms with Crippen LogP contribution in [0.3, 0.4) is 0 Å². The van der Waals surface area contributed by atoms with Gasteiger partial charge in [-0.3, -0.25) is 0 Å². The number of carboxylic acid groups (broad SMARTS) is 1. The summed E-state index contributed by atoms with van der Waals surface area (Å²) in [5.41, 5.74) is 10.3. The van der Waals surface area contributed by atoms with E-state index >= 15 is 0 Å². The Balaban J connectivity index is 0.000000269. The molecule has 0 aliphatic heterocycles. The maximum atomic E-state index is 10.7. The normalized spacial score (nSPS) is 19.8. The number of benzene rings is 1. The molecule has 0 spiro atoms. The summed E-state index contributed by atoms with van der Waals surface area (Å²) in [7, 11) is 0. The molecule has 1 fully saturated rings. The lowest BCUT2D eigenvalue weighted by molar-refractivity contribution is -0.131. The van der Waals surface area contributed by atoms with Crippen LogP contribution in [-0.4, -0.2) is 17.1 Å². The van der Waals surface area contributed by atoms with Crippen molar-refractivity contribution in [3.63, 3.8) is 0 Å². The van der Waals surface area contributed by atoms with Gasteiger partial charge in [0.25, 0.3) is 0 Å². The third kappa shape index (κ3) is 6.87. The highest BCUT2D eigenvalue weighted by atomic mass is 16.4. The number of aryl methyl sites for hydroxylation is 1. The lowest BCUT2D eigenvalue weighted by Crippen LogP contribution is -2.22. The lowest BCUT2D eigenvalue weighted by atomic mass is 9.90.